The highest BCUT2D eigenvalue weighted by atomic mass is 16.5. The summed E-state index contributed by atoms with van der Waals surface area (Å²) in [5.41, 5.74) is -0.813. The SMILES string of the molecule is C=CCC(C#N)(C(=O)OCC)c1cccnc1. The van der Waals surface area contributed by atoms with Crippen LogP contribution in [0.15, 0.2) is 37.2 Å². The van der Waals surface area contributed by atoms with E-state index in [2.05, 4.69) is 11.6 Å². The fourth-order valence-electron chi connectivity index (χ4n) is 1.56. The molecule has 0 saturated heterocycles. The van der Waals surface area contributed by atoms with Crippen molar-refractivity contribution in [2.45, 2.75) is 18.8 Å². The van der Waals surface area contributed by atoms with E-state index in [1.54, 1.807) is 25.3 Å². The summed E-state index contributed by atoms with van der Waals surface area (Å²) < 4.78 is 4.97. The van der Waals surface area contributed by atoms with Crippen molar-refractivity contribution in [3.8, 4) is 6.07 Å². The molecule has 0 aliphatic rings. The third-order valence-corrected chi connectivity index (χ3v) is 2.42. The Hall–Kier alpha value is -2.15. The molecule has 1 unspecified atom stereocenters. The smallest absolute Gasteiger partial charge is 0.331 e. The summed E-state index contributed by atoms with van der Waals surface area (Å²) >= 11 is 0. The molecule has 1 rings (SSSR count). The van der Waals surface area contributed by atoms with Crippen LogP contribution in [0.1, 0.15) is 18.9 Å². The van der Waals surface area contributed by atoms with Crippen LogP contribution in [0.4, 0.5) is 0 Å². The normalized spacial score (nSPS) is 13.2. The first kappa shape index (κ1) is 12.9. The van der Waals surface area contributed by atoms with Gasteiger partial charge in [0, 0.05) is 18.0 Å². The Bertz CT molecular complexity index is 436. The topological polar surface area (TPSA) is 63.0 Å². The van der Waals surface area contributed by atoms with Crippen LogP contribution in [0.2, 0.25) is 0 Å². The molecule has 0 bridgehead atoms. The fourth-order valence-corrected chi connectivity index (χ4v) is 1.56. The molecule has 88 valence electrons. The largest absolute Gasteiger partial charge is 0.465 e. The van der Waals surface area contributed by atoms with Crippen LogP contribution < -0.4 is 0 Å². The first-order valence-electron chi connectivity index (χ1n) is 5.31. The summed E-state index contributed by atoms with van der Waals surface area (Å²) in [5, 5.41) is 9.33. The van der Waals surface area contributed by atoms with Crippen LogP contribution in [-0.4, -0.2) is 17.6 Å². The lowest BCUT2D eigenvalue weighted by Gasteiger charge is -2.22. The number of allylic oxidation sites excluding steroid dienone is 1. The molecule has 0 saturated carbocycles. The van der Waals surface area contributed by atoms with Crippen molar-refractivity contribution in [1.29, 1.82) is 5.26 Å². The minimum atomic E-state index is -1.34. The Balaban J connectivity index is 3.23. The van der Waals surface area contributed by atoms with Crippen molar-refractivity contribution in [1.82, 2.24) is 4.98 Å². The molecule has 1 aromatic heterocycles. The Morgan fingerprint density at radius 1 is 1.76 bits per heavy atom. The number of ether oxygens (including phenoxy) is 1. The molecule has 4 nitrogen and oxygen atoms in total. The first-order chi connectivity index (χ1) is 8.21. The van der Waals surface area contributed by atoms with E-state index in [9.17, 15) is 10.1 Å². The standard InChI is InChI=1S/C13H14N2O2/c1-3-7-13(10-14,12(16)17-4-2)11-6-5-8-15-9-11/h3,5-6,8-9H,1,4,7H2,2H3. The minimum Gasteiger partial charge on any atom is -0.465 e. The second-order valence-corrected chi connectivity index (χ2v) is 3.47. The van der Waals surface area contributed by atoms with Crippen LogP contribution in [0.5, 0.6) is 0 Å². The number of nitrogens with zero attached hydrogens (tertiary/aromatic N) is 2. The van der Waals surface area contributed by atoms with E-state index in [1.807, 2.05) is 6.07 Å². The number of nitriles is 1. The number of rotatable bonds is 5. The highest BCUT2D eigenvalue weighted by molar-refractivity contribution is 5.87. The fraction of sp³-hybridized carbons (Fsp3) is 0.308. The lowest BCUT2D eigenvalue weighted by atomic mass is 9.80. The second-order valence-electron chi connectivity index (χ2n) is 3.47. The van der Waals surface area contributed by atoms with Crippen molar-refractivity contribution in [2.24, 2.45) is 0 Å². The Kier molecular flexibility index (Phi) is 4.41. The van der Waals surface area contributed by atoms with Crippen LogP contribution in [0.3, 0.4) is 0 Å². The monoisotopic (exact) mass is 230 g/mol. The Labute approximate surface area is 101 Å². The summed E-state index contributed by atoms with van der Waals surface area (Å²) in [6.45, 7) is 5.52. The predicted octanol–water partition coefficient (Wildman–Crippen LogP) is 1.98. The molecule has 4 heteroatoms. The van der Waals surface area contributed by atoms with E-state index in [0.717, 1.165) is 0 Å². The zero-order chi connectivity index (χ0) is 12.7. The number of carbonyl (C=O) groups excluding carboxylic acids is 1. The molecular weight excluding hydrogens is 216 g/mol. The van der Waals surface area contributed by atoms with Gasteiger partial charge >= 0.3 is 5.97 Å². The molecule has 0 spiro atoms. The number of esters is 1. The molecule has 1 aromatic rings. The number of aromatic nitrogens is 1. The molecule has 1 atom stereocenters. The van der Waals surface area contributed by atoms with E-state index in [-0.39, 0.29) is 13.0 Å². The lowest BCUT2D eigenvalue weighted by molar-refractivity contribution is -0.147. The molecule has 0 aromatic carbocycles. The van der Waals surface area contributed by atoms with Gasteiger partial charge in [-0.1, -0.05) is 12.1 Å². The Morgan fingerprint density at radius 2 is 2.53 bits per heavy atom. The van der Waals surface area contributed by atoms with Crippen LogP contribution in [0, 0.1) is 11.3 Å². The van der Waals surface area contributed by atoms with Gasteiger partial charge < -0.3 is 4.74 Å². The molecule has 0 fully saturated rings. The van der Waals surface area contributed by atoms with Gasteiger partial charge in [0.2, 0.25) is 0 Å². The zero-order valence-corrected chi connectivity index (χ0v) is 9.72. The van der Waals surface area contributed by atoms with Crippen molar-refractivity contribution in [2.75, 3.05) is 6.61 Å². The summed E-state index contributed by atoms with van der Waals surface area (Å²) in [4.78, 5) is 15.9. The molecule has 0 aliphatic heterocycles. The number of carbonyl (C=O) groups is 1. The molecule has 17 heavy (non-hydrogen) atoms. The third kappa shape index (κ3) is 2.51. The maximum absolute atomic E-state index is 12.0. The summed E-state index contributed by atoms with van der Waals surface area (Å²) in [6, 6.07) is 5.41. The molecule has 0 amide bonds. The van der Waals surface area contributed by atoms with Gasteiger partial charge in [-0.3, -0.25) is 4.98 Å². The van der Waals surface area contributed by atoms with Crippen LogP contribution in [-0.2, 0) is 14.9 Å². The number of hydrogen-bond acceptors (Lipinski definition) is 4. The molecule has 1 heterocycles. The molecule has 0 N–H and O–H groups in total. The highest BCUT2D eigenvalue weighted by Crippen LogP contribution is 2.29. The number of pyridine rings is 1. The van der Waals surface area contributed by atoms with Crippen LogP contribution >= 0.6 is 0 Å². The van der Waals surface area contributed by atoms with E-state index in [4.69, 9.17) is 4.74 Å². The second kappa shape index (κ2) is 5.80. The van der Waals surface area contributed by atoms with Gasteiger partial charge in [0.1, 0.15) is 0 Å². The average Bonchev–Trinajstić information content (AvgIpc) is 2.37. The van der Waals surface area contributed by atoms with Gasteiger partial charge in [0.15, 0.2) is 5.41 Å². The minimum absolute atomic E-state index is 0.202. The van der Waals surface area contributed by atoms with Crippen molar-refractivity contribution >= 4 is 5.97 Å². The first-order valence-corrected chi connectivity index (χ1v) is 5.31. The average molecular weight is 230 g/mol. The van der Waals surface area contributed by atoms with E-state index in [1.165, 1.54) is 12.3 Å². The zero-order valence-electron chi connectivity index (χ0n) is 9.72. The quantitative estimate of drug-likeness (QED) is 0.573. The van der Waals surface area contributed by atoms with Crippen molar-refractivity contribution in [3.63, 3.8) is 0 Å². The number of hydrogen-bond donors (Lipinski definition) is 0. The van der Waals surface area contributed by atoms with Gasteiger partial charge in [-0.2, -0.15) is 5.26 Å². The van der Waals surface area contributed by atoms with Gasteiger partial charge in [-0.15, -0.1) is 6.58 Å². The summed E-state index contributed by atoms with van der Waals surface area (Å²) in [7, 11) is 0. The van der Waals surface area contributed by atoms with Gasteiger partial charge in [-0.05, 0) is 19.4 Å². The van der Waals surface area contributed by atoms with Gasteiger partial charge in [0.05, 0.1) is 12.7 Å². The van der Waals surface area contributed by atoms with Gasteiger partial charge in [0.25, 0.3) is 0 Å². The summed E-state index contributed by atoms with van der Waals surface area (Å²) in [5.74, 6) is -0.560. The third-order valence-electron chi connectivity index (χ3n) is 2.42. The summed E-state index contributed by atoms with van der Waals surface area (Å²) in [6.07, 6.45) is 4.83. The highest BCUT2D eigenvalue weighted by Gasteiger charge is 2.41. The Morgan fingerprint density at radius 3 is 3.00 bits per heavy atom. The molecule has 0 radical (unpaired) electrons. The maximum Gasteiger partial charge on any atom is 0.331 e. The van der Waals surface area contributed by atoms with Crippen LogP contribution in [0.25, 0.3) is 0 Å². The molecule has 0 aliphatic carbocycles. The maximum atomic E-state index is 12.0. The van der Waals surface area contributed by atoms with E-state index >= 15 is 0 Å². The van der Waals surface area contributed by atoms with Gasteiger partial charge in [-0.25, -0.2) is 4.79 Å². The van der Waals surface area contributed by atoms with E-state index < -0.39 is 11.4 Å². The van der Waals surface area contributed by atoms with Crippen molar-refractivity contribution in [3.05, 3.63) is 42.7 Å². The van der Waals surface area contributed by atoms with E-state index in [0.29, 0.717) is 5.56 Å². The van der Waals surface area contributed by atoms with Crippen molar-refractivity contribution < 1.29 is 9.53 Å². The lowest BCUT2D eigenvalue weighted by Crippen LogP contribution is -2.35. The predicted molar refractivity (Wildman–Crippen MR) is 63.0 cm³/mol. The molecular formula is C13H14N2O2.